The molecule has 0 radical (unpaired) electrons. The minimum Gasteiger partial charge on any atom is -0.395 e. The van der Waals surface area contributed by atoms with Gasteiger partial charge in [0.05, 0.1) is 35.6 Å². The van der Waals surface area contributed by atoms with Crippen molar-refractivity contribution in [3.8, 4) is 10.6 Å². The molecular weight excluding hydrogens is 552 g/mol. The van der Waals surface area contributed by atoms with E-state index in [9.17, 15) is 9.90 Å². The van der Waals surface area contributed by atoms with Crippen LogP contribution in [0.4, 0.5) is 17.6 Å². The Morgan fingerprint density at radius 1 is 1.07 bits per heavy atom. The number of carbonyl (C=O) groups excluding carboxylic acids is 1. The van der Waals surface area contributed by atoms with Gasteiger partial charge in [0, 0.05) is 73.4 Å². The van der Waals surface area contributed by atoms with E-state index >= 15 is 0 Å². The number of likely N-dealkylation sites (tertiary alicyclic amines) is 2. The topological polar surface area (TPSA) is 120 Å². The average Bonchev–Trinajstić information content (AvgIpc) is 3.83. The molecule has 0 unspecified atom stereocenters. The van der Waals surface area contributed by atoms with Crippen molar-refractivity contribution < 1.29 is 14.6 Å². The molecule has 4 fully saturated rings. The van der Waals surface area contributed by atoms with E-state index in [1.165, 1.54) is 0 Å². The lowest BCUT2D eigenvalue weighted by molar-refractivity contribution is 0.0259. The molecule has 4 bridgehead atoms. The second kappa shape index (κ2) is 10.2. The number of fused-ring (bicyclic) bond motifs is 5. The van der Waals surface area contributed by atoms with E-state index in [1.807, 2.05) is 54.4 Å². The van der Waals surface area contributed by atoms with Crippen molar-refractivity contribution in [1.29, 1.82) is 0 Å². The molecule has 4 saturated heterocycles. The lowest BCUT2D eigenvalue weighted by Gasteiger charge is -2.34. The maximum atomic E-state index is 13.2. The predicted molar refractivity (Wildman–Crippen MR) is 160 cm³/mol. The number of aryl methyl sites for hydroxylation is 1. The van der Waals surface area contributed by atoms with E-state index in [2.05, 4.69) is 20.1 Å². The maximum absolute atomic E-state index is 13.2. The van der Waals surface area contributed by atoms with Crippen molar-refractivity contribution in [2.75, 3.05) is 49.6 Å². The van der Waals surface area contributed by atoms with Crippen molar-refractivity contribution in [1.82, 2.24) is 29.7 Å². The van der Waals surface area contributed by atoms with Gasteiger partial charge in [0.25, 0.3) is 5.91 Å². The van der Waals surface area contributed by atoms with Crippen LogP contribution in [0.15, 0.2) is 42.6 Å². The molecule has 0 spiro atoms. The first-order valence-corrected chi connectivity index (χ1v) is 15.4. The molecule has 216 valence electrons. The summed E-state index contributed by atoms with van der Waals surface area (Å²) in [5.41, 5.74) is 3.33. The molecule has 0 aliphatic carbocycles. The third-order valence-electron chi connectivity index (χ3n) is 8.89. The SMILES string of the molecule is Cc1cc(Nc2cc3nc(-c4cccc(C(=O)N5C[C@@H]6C[C@H]5CO6)c4)sc3cn2)nc(N2C[C@@H]3C[C@H]2CN3CCO)n1. The number of morpholine rings is 1. The number of thiazole rings is 1. The van der Waals surface area contributed by atoms with Crippen LogP contribution >= 0.6 is 11.3 Å². The van der Waals surface area contributed by atoms with Crippen LogP contribution < -0.4 is 10.2 Å². The second-order valence-electron chi connectivity index (χ2n) is 11.7. The molecule has 1 amide bonds. The fourth-order valence-corrected chi connectivity index (χ4v) is 7.81. The minimum atomic E-state index is 0.0608. The number of aliphatic hydroxyl groups is 1. The Labute approximate surface area is 247 Å². The number of hydrogen-bond acceptors (Lipinski definition) is 11. The first kappa shape index (κ1) is 26.0. The van der Waals surface area contributed by atoms with Crippen LogP contribution in [0.5, 0.6) is 0 Å². The van der Waals surface area contributed by atoms with Gasteiger partial charge < -0.3 is 25.0 Å². The molecule has 2 N–H and O–H groups in total. The number of hydrogen-bond donors (Lipinski definition) is 2. The molecular formula is C30H32N8O3S. The lowest BCUT2D eigenvalue weighted by Crippen LogP contribution is -2.47. The highest BCUT2D eigenvalue weighted by molar-refractivity contribution is 7.21. The van der Waals surface area contributed by atoms with Gasteiger partial charge in [-0.2, -0.15) is 4.98 Å². The number of aliphatic hydroxyl groups excluding tert-OH is 1. The van der Waals surface area contributed by atoms with Gasteiger partial charge in [-0.15, -0.1) is 11.3 Å². The van der Waals surface area contributed by atoms with Gasteiger partial charge in [0.2, 0.25) is 5.95 Å². The van der Waals surface area contributed by atoms with Crippen molar-refractivity contribution in [3.05, 3.63) is 53.9 Å². The van der Waals surface area contributed by atoms with Crippen molar-refractivity contribution in [2.45, 2.75) is 44.0 Å². The van der Waals surface area contributed by atoms with Crippen molar-refractivity contribution >= 4 is 45.0 Å². The van der Waals surface area contributed by atoms with E-state index in [4.69, 9.17) is 19.7 Å². The van der Waals surface area contributed by atoms with Crippen LogP contribution in [0.25, 0.3) is 20.8 Å². The number of aromatic nitrogens is 4. The summed E-state index contributed by atoms with van der Waals surface area (Å²) < 4.78 is 6.64. The normalized spacial score (nSPS) is 24.8. The smallest absolute Gasteiger partial charge is 0.254 e. The number of β-amino-alcohol motifs (C(OH)–C–C–N with tert-alkyl or cyclic N) is 1. The molecule has 11 nitrogen and oxygen atoms in total. The Hall–Kier alpha value is -3.71. The van der Waals surface area contributed by atoms with Crippen molar-refractivity contribution in [3.63, 3.8) is 0 Å². The number of carbonyl (C=O) groups is 1. The Bertz CT molecular complexity index is 1680. The van der Waals surface area contributed by atoms with Crippen LogP contribution in [0, 0.1) is 6.92 Å². The van der Waals surface area contributed by atoms with Crippen LogP contribution in [-0.2, 0) is 4.74 Å². The number of piperazine rings is 1. The number of nitrogens with zero attached hydrogens (tertiary/aromatic N) is 7. The highest BCUT2D eigenvalue weighted by Crippen LogP contribution is 2.35. The number of nitrogens with one attached hydrogen (secondary N) is 1. The summed E-state index contributed by atoms with van der Waals surface area (Å²) in [6, 6.07) is 12.6. The standard InChI is InChI=1S/C30H32N8O3S/c1-17-7-27(35-30(32-17)38-14-20-9-21(38)13-36(20)5-6-39)34-26-11-24-25(12-31-26)42-28(33-24)18-3-2-4-19(8-18)29(40)37-15-23-10-22(37)16-41-23/h2-4,7-8,11-12,20-23,39H,5-6,9-10,13-16H2,1H3,(H,31,32,34,35)/t20-,21-,22-,23-/m0/s1. The van der Waals surface area contributed by atoms with Crippen LogP contribution in [-0.4, -0.2) is 104 Å². The number of benzene rings is 1. The second-order valence-corrected chi connectivity index (χ2v) is 12.7. The minimum absolute atomic E-state index is 0.0608. The van der Waals surface area contributed by atoms with Gasteiger partial charge in [-0.3, -0.25) is 9.69 Å². The molecule has 4 aliphatic heterocycles. The zero-order chi connectivity index (χ0) is 28.4. The molecule has 7 heterocycles. The van der Waals surface area contributed by atoms with Gasteiger partial charge in [0.1, 0.15) is 16.6 Å². The Kier molecular flexibility index (Phi) is 6.32. The number of ether oxygens (including phenoxy) is 1. The Morgan fingerprint density at radius 3 is 2.79 bits per heavy atom. The highest BCUT2D eigenvalue weighted by Gasteiger charge is 2.44. The van der Waals surface area contributed by atoms with E-state index in [0.29, 0.717) is 42.4 Å². The van der Waals surface area contributed by atoms with E-state index in [1.54, 1.807) is 11.3 Å². The summed E-state index contributed by atoms with van der Waals surface area (Å²) in [6.07, 6.45) is 4.03. The molecule has 4 aromatic rings. The molecule has 8 rings (SSSR count). The number of amides is 1. The first-order chi connectivity index (χ1) is 20.5. The summed E-state index contributed by atoms with van der Waals surface area (Å²) in [5.74, 6) is 2.15. The number of rotatable bonds is 7. The zero-order valence-electron chi connectivity index (χ0n) is 23.3. The van der Waals surface area contributed by atoms with Gasteiger partial charge >= 0.3 is 0 Å². The summed E-state index contributed by atoms with van der Waals surface area (Å²) in [6.45, 7) is 6.01. The fourth-order valence-electron chi connectivity index (χ4n) is 6.90. The largest absolute Gasteiger partial charge is 0.395 e. The number of anilines is 3. The fraction of sp³-hybridized carbons (Fsp3) is 0.433. The van der Waals surface area contributed by atoms with Gasteiger partial charge in [-0.1, -0.05) is 12.1 Å². The molecule has 12 heteroatoms. The first-order valence-electron chi connectivity index (χ1n) is 14.5. The average molecular weight is 585 g/mol. The quantitative estimate of drug-likeness (QED) is 0.335. The monoisotopic (exact) mass is 584 g/mol. The lowest BCUT2D eigenvalue weighted by atomic mass is 10.1. The Morgan fingerprint density at radius 2 is 2.00 bits per heavy atom. The summed E-state index contributed by atoms with van der Waals surface area (Å²) in [7, 11) is 0. The molecule has 0 saturated carbocycles. The zero-order valence-corrected chi connectivity index (χ0v) is 24.1. The van der Waals surface area contributed by atoms with Crippen LogP contribution in [0.2, 0.25) is 0 Å². The van der Waals surface area contributed by atoms with Gasteiger partial charge in [-0.25, -0.2) is 15.0 Å². The number of pyridine rings is 1. The third-order valence-corrected chi connectivity index (χ3v) is 9.94. The van der Waals surface area contributed by atoms with Crippen LogP contribution in [0.1, 0.15) is 28.9 Å². The van der Waals surface area contributed by atoms with E-state index in [0.717, 1.165) is 64.9 Å². The van der Waals surface area contributed by atoms with Gasteiger partial charge in [-0.05, 0) is 31.9 Å². The maximum Gasteiger partial charge on any atom is 0.254 e. The summed E-state index contributed by atoms with van der Waals surface area (Å²) >= 11 is 1.56. The molecule has 3 aromatic heterocycles. The molecule has 1 aromatic carbocycles. The third kappa shape index (κ3) is 4.58. The highest BCUT2D eigenvalue weighted by atomic mass is 32.1. The van der Waals surface area contributed by atoms with Crippen molar-refractivity contribution in [2.24, 2.45) is 0 Å². The van der Waals surface area contributed by atoms with E-state index in [-0.39, 0.29) is 24.7 Å². The molecule has 4 aliphatic rings. The summed E-state index contributed by atoms with van der Waals surface area (Å²) in [4.78, 5) is 38.9. The predicted octanol–water partition coefficient (Wildman–Crippen LogP) is 3.07. The molecule has 4 atom stereocenters. The van der Waals surface area contributed by atoms with Crippen LogP contribution in [0.3, 0.4) is 0 Å². The van der Waals surface area contributed by atoms with Gasteiger partial charge in [0.15, 0.2) is 0 Å². The summed E-state index contributed by atoms with van der Waals surface area (Å²) in [5, 5.41) is 13.6. The Balaban J connectivity index is 1.00. The van der Waals surface area contributed by atoms with E-state index < -0.39 is 0 Å². The molecule has 42 heavy (non-hydrogen) atoms.